The predicted octanol–water partition coefficient (Wildman–Crippen LogP) is 3.03. The third-order valence-electron chi connectivity index (χ3n) is 4.93. The van der Waals surface area contributed by atoms with Crippen molar-refractivity contribution in [3.05, 3.63) is 60.0 Å². The molecule has 0 aliphatic carbocycles. The number of hydrogen-bond acceptors (Lipinski definition) is 4. The molecule has 1 aromatic carbocycles. The maximum absolute atomic E-state index is 13.0. The first-order valence-electron chi connectivity index (χ1n) is 8.97. The van der Waals surface area contributed by atoms with E-state index in [0.29, 0.717) is 6.42 Å². The Bertz CT molecular complexity index is 921. The van der Waals surface area contributed by atoms with Crippen molar-refractivity contribution >= 4 is 11.6 Å². The summed E-state index contributed by atoms with van der Waals surface area (Å²) in [7, 11) is 1.64. The van der Waals surface area contributed by atoms with Gasteiger partial charge >= 0.3 is 0 Å². The van der Waals surface area contributed by atoms with E-state index in [-0.39, 0.29) is 11.9 Å². The number of carbonyl (C=O) groups excluding carboxylic acids is 1. The number of aromatic nitrogens is 3. The second-order valence-corrected chi connectivity index (χ2v) is 6.61. The number of methoxy groups -OCH3 is 1. The summed E-state index contributed by atoms with van der Waals surface area (Å²) < 4.78 is 7.01. The molecule has 6 nitrogen and oxygen atoms in total. The number of fused-ring (bicyclic) bond motifs is 1. The van der Waals surface area contributed by atoms with Crippen LogP contribution in [0.1, 0.15) is 36.6 Å². The van der Waals surface area contributed by atoms with E-state index in [1.165, 1.54) is 0 Å². The molecule has 1 atom stereocenters. The first kappa shape index (κ1) is 16.6. The fraction of sp³-hybridized carbons (Fsp3) is 0.350. The second kappa shape index (κ2) is 7.15. The average Bonchev–Trinajstić information content (AvgIpc) is 3.16. The van der Waals surface area contributed by atoms with Crippen molar-refractivity contribution in [3.63, 3.8) is 0 Å². The molecule has 134 valence electrons. The van der Waals surface area contributed by atoms with E-state index in [4.69, 9.17) is 9.72 Å². The summed E-state index contributed by atoms with van der Waals surface area (Å²) >= 11 is 0. The Morgan fingerprint density at radius 3 is 3.08 bits per heavy atom. The number of benzene rings is 1. The van der Waals surface area contributed by atoms with Crippen LogP contribution in [-0.4, -0.2) is 39.1 Å². The van der Waals surface area contributed by atoms with Crippen LogP contribution < -0.4 is 4.74 Å². The average molecular weight is 350 g/mol. The Morgan fingerprint density at radius 2 is 2.19 bits per heavy atom. The molecular weight excluding hydrogens is 328 g/mol. The summed E-state index contributed by atoms with van der Waals surface area (Å²) in [5.74, 6) is 0.913. The largest absolute Gasteiger partial charge is 0.497 e. The minimum absolute atomic E-state index is 0.0294. The molecule has 1 fully saturated rings. The van der Waals surface area contributed by atoms with E-state index < -0.39 is 0 Å². The van der Waals surface area contributed by atoms with Crippen LogP contribution in [0.5, 0.6) is 5.75 Å². The minimum atomic E-state index is 0.0294. The van der Waals surface area contributed by atoms with Gasteiger partial charge in [-0.05, 0) is 43.0 Å². The lowest BCUT2D eigenvalue weighted by Gasteiger charge is -2.35. The molecule has 3 aromatic rings. The van der Waals surface area contributed by atoms with Crippen molar-refractivity contribution in [1.29, 1.82) is 0 Å². The molecule has 0 spiro atoms. The van der Waals surface area contributed by atoms with E-state index >= 15 is 0 Å². The van der Waals surface area contributed by atoms with Crippen molar-refractivity contribution in [1.82, 2.24) is 19.5 Å². The topological polar surface area (TPSA) is 59.7 Å². The molecule has 1 amide bonds. The molecule has 2 aromatic heterocycles. The summed E-state index contributed by atoms with van der Waals surface area (Å²) in [6.45, 7) is 0.777. The smallest absolute Gasteiger partial charge is 0.227 e. The van der Waals surface area contributed by atoms with Crippen molar-refractivity contribution < 1.29 is 9.53 Å². The van der Waals surface area contributed by atoms with Crippen molar-refractivity contribution in [2.24, 2.45) is 0 Å². The molecule has 0 radical (unpaired) electrons. The third kappa shape index (κ3) is 3.27. The van der Waals surface area contributed by atoms with Crippen LogP contribution in [0.2, 0.25) is 0 Å². The van der Waals surface area contributed by atoms with E-state index in [1.807, 2.05) is 47.5 Å². The minimum Gasteiger partial charge on any atom is -0.497 e. The summed E-state index contributed by atoms with van der Waals surface area (Å²) in [4.78, 5) is 19.7. The first-order chi connectivity index (χ1) is 12.7. The molecular formula is C20H22N4O2. The SMILES string of the molecule is COc1cccc(CC(=O)N2CCCC[C@H]2c2ccn3nccc3n2)c1. The van der Waals surface area contributed by atoms with Gasteiger partial charge in [0.15, 0.2) is 5.65 Å². The standard InChI is InChI=1S/C20H22N4O2/c1-26-16-6-4-5-15(13-16)14-20(25)23-11-3-2-7-18(23)17-9-12-24-19(22-17)8-10-21-24/h4-6,8-10,12-13,18H,2-3,7,11,14H2,1H3/t18-/m0/s1. The Hall–Kier alpha value is -2.89. The van der Waals surface area contributed by atoms with Gasteiger partial charge in [-0.15, -0.1) is 0 Å². The number of hydrogen-bond donors (Lipinski definition) is 0. The van der Waals surface area contributed by atoms with Gasteiger partial charge in [0, 0.05) is 18.8 Å². The molecule has 0 unspecified atom stereocenters. The fourth-order valence-corrected chi connectivity index (χ4v) is 3.61. The van der Waals surface area contributed by atoms with E-state index in [9.17, 15) is 4.79 Å². The zero-order valence-corrected chi connectivity index (χ0v) is 14.8. The van der Waals surface area contributed by atoms with Gasteiger partial charge in [0.1, 0.15) is 5.75 Å². The normalized spacial score (nSPS) is 17.4. The second-order valence-electron chi connectivity index (χ2n) is 6.61. The number of piperidine rings is 1. The zero-order valence-electron chi connectivity index (χ0n) is 14.8. The highest BCUT2D eigenvalue weighted by Crippen LogP contribution is 2.30. The summed E-state index contributed by atoms with van der Waals surface area (Å²) in [6.07, 6.45) is 7.12. The third-order valence-corrected chi connectivity index (χ3v) is 4.93. The van der Waals surface area contributed by atoms with Gasteiger partial charge in [-0.2, -0.15) is 5.10 Å². The monoisotopic (exact) mass is 350 g/mol. The fourth-order valence-electron chi connectivity index (χ4n) is 3.61. The Morgan fingerprint density at radius 1 is 1.27 bits per heavy atom. The van der Waals surface area contributed by atoms with Crippen LogP contribution >= 0.6 is 0 Å². The molecule has 6 heteroatoms. The van der Waals surface area contributed by atoms with E-state index in [1.54, 1.807) is 17.8 Å². The summed E-state index contributed by atoms with van der Waals surface area (Å²) in [5, 5.41) is 4.19. The van der Waals surface area contributed by atoms with Gasteiger partial charge in [-0.1, -0.05) is 12.1 Å². The number of ether oxygens (including phenoxy) is 1. The molecule has 1 aliphatic rings. The van der Waals surface area contributed by atoms with Gasteiger partial charge in [0.05, 0.1) is 31.5 Å². The molecule has 0 N–H and O–H groups in total. The molecule has 1 saturated heterocycles. The van der Waals surface area contributed by atoms with E-state index in [2.05, 4.69) is 5.10 Å². The maximum atomic E-state index is 13.0. The lowest BCUT2D eigenvalue weighted by atomic mass is 9.98. The highest BCUT2D eigenvalue weighted by atomic mass is 16.5. The van der Waals surface area contributed by atoms with Crippen molar-refractivity contribution in [2.45, 2.75) is 31.7 Å². The van der Waals surface area contributed by atoms with Crippen LogP contribution in [0, 0.1) is 0 Å². The number of likely N-dealkylation sites (tertiary alicyclic amines) is 1. The molecule has 0 bridgehead atoms. The van der Waals surface area contributed by atoms with Crippen molar-refractivity contribution in [3.8, 4) is 5.75 Å². The number of nitrogens with zero attached hydrogens (tertiary/aromatic N) is 4. The highest BCUT2D eigenvalue weighted by Gasteiger charge is 2.29. The van der Waals surface area contributed by atoms with Crippen LogP contribution in [0.4, 0.5) is 0 Å². The lowest BCUT2D eigenvalue weighted by molar-refractivity contribution is -0.134. The number of rotatable bonds is 4. The van der Waals surface area contributed by atoms with Gasteiger partial charge < -0.3 is 9.64 Å². The summed E-state index contributed by atoms with van der Waals surface area (Å²) in [5.41, 5.74) is 2.72. The van der Waals surface area contributed by atoms with Crippen molar-refractivity contribution in [2.75, 3.05) is 13.7 Å². The Labute approximate surface area is 152 Å². The first-order valence-corrected chi connectivity index (χ1v) is 8.97. The van der Waals surface area contributed by atoms with Crippen LogP contribution in [0.25, 0.3) is 5.65 Å². The summed E-state index contributed by atoms with van der Waals surface area (Å²) in [6, 6.07) is 11.6. The number of amides is 1. The van der Waals surface area contributed by atoms with Gasteiger partial charge in [-0.25, -0.2) is 9.50 Å². The quantitative estimate of drug-likeness (QED) is 0.726. The van der Waals surface area contributed by atoms with Crippen LogP contribution in [0.3, 0.4) is 0 Å². The number of carbonyl (C=O) groups is 1. The highest BCUT2D eigenvalue weighted by molar-refractivity contribution is 5.79. The predicted molar refractivity (Wildman–Crippen MR) is 98.0 cm³/mol. The van der Waals surface area contributed by atoms with E-state index in [0.717, 1.165) is 48.5 Å². The zero-order chi connectivity index (χ0) is 17.9. The van der Waals surface area contributed by atoms with Gasteiger partial charge in [0.2, 0.25) is 5.91 Å². The molecule has 1 aliphatic heterocycles. The van der Waals surface area contributed by atoms with Gasteiger partial charge in [-0.3, -0.25) is 4.79 Å². The lowest BCUT2D eigenvalue weighted by Crippen LogP contribution is -2.39. The molecule has 26 heavy (non-hydrogen) atoms. The Kier molecular flexibility index (Phi) is 4.56. The molecule has 3 heterocycles. The van der Waals surface area contributed by atoms with Gasteiger partial charge in [0.25, 0.3) is 0 Å². The Balaban J connectivity index is 1.57. The molecule has 0 saturated carbocycles. The maximum Gasteiger partial charge on any atom is 0.227 e. The molecule has 4 rings (SSSR count). The van der Waals surface area contributed by atoms with Crippen LogP contribution in [0.15, 0.2) is 48.8 Å². The van der Waals surface area contributed by atoms with Crippen LogP contribution in [-0.2, 0) is 11.2 Å².